The molecule has 0 bridgehead atoms. The molecular weight excluding hydrogens is 188 g/mol. The van der Waals surface area contributed by atoms with E-state index in [9.17, 15) is 0 Å². The van der Waals surface area contributed by atoms with Crippen LogP contribution < -0.4 is 5.32 Å². The minimum absolute atomic E-state index is 0.405. The third-order valence-corrected chi connectivity index (χ3v) is 2.42. The summed E-state index contributed by atoms with van der Waals surface area (Å²) in [7, 11) is 1.97. The Hall–Kier alpha value is -1.16. The molecule has 0 aliphatic carbocycles. The lowest BCUT2D eigenvalue weighted by Crippen LogP contribution is -2.28. The van der Waals surface area contributed by atoms with Crippen LogP contribution in [0.5, 0.6) is 0 Å². The van der Waals surface area contributed by atoms with E-state index < -0.39 is 0 Å². The average Bonchev–Trinajstić information content (AvgIpc) is 2.66. The summed E-state index contributed by atoms with van der Waals surface area (Å²) in [6.45, 7) is 6.84. The largest absolute Gasteiger partial charge is 0.316 e. The summed E-state index contributed by atoms with van der Waals surface area (Å²) in [5, 5.41) is 7.46. The van der Waals surface area contributed by atoms with E-state index >= 15 is 0 Å². The van der Waals surface area contributed by atoms with Gasteiger partial charge in [-0.2, -0.15) is 5.10 Å². The fourth-order valence-electron chi connectivity index (χ4n) is 1.57. The fourth-order valence-corrected chi connectivity index (χ4v) is 1.57. The number of aryl methyl sites for hydroxylation is 1. The Bertz CT molecular complexity index is 293. The minimum atomic E-state index is 0.405. The van der Waals surface area contributed by atoms with Crippen molar-refractivity contribution in [1.82, 2.24) is 20.1 Å². The van der Waals surface area contributed by atoms with Crippen LogP contribution in [0, 0.1) is 0 Å². The number of nitrogens with zero attached hydrogens (tertiary/aromatic N) is 3. The Morgan fingerprint density at radius 3 is 3.07 bits per heavy atom. The third-order valence-electron chi connectivity index (χ3n) is 2.42. The van der Waals surface area contributed by atoms with Crippen molar-refractivity contribution in [3.05, 3.63) is 24.8 Å². The van der Waals surface area contributed by atoms with Crippen molar-refractivity contribution in [2.24, 2.45) is 0 Å². The SMILES string of the molecule is C=CCC(Cc1ncnn1CCC)NC. The van der Waals surface area contributed by atoms with E-state index in [1.54, 1.807) is 6.33 Å². The van der Waals surface area contributed by atoms with E-state index in [1.807, 2.05) is 17.8 Å². The van der Waals surface area contributed by atoms with Gasteiger partial charge in [0.25, 0.3) is 0 Å². The van der Waals surface area contributed by atoms with Crippen molar-refractivity contribution in [2.45, 2.75) is 38.8 Å². The fraction of sp³-hybridized carbons (Fsp3) is 0.636. The van der Waals surface area contributed by atoms with Crippen LogP contribution >= 0.6 is 0 Å². The summed E-state index contributed by atoms with van der Waals surface area (Å²) in [5.74, 6) is 1.05. The van der Waals surface area contributed by atoms with Crippen LogP contribution in [0.1, 0.15) is 25.6 Å². The van der Waals surface area contributed by atoms with E-state index in [1.165, 1.54) is 0 Å². The first-order chi connectivity index (χ1) is 7.31. The quantitative estimate of drug-likeness (QED) is 0.689. The maximum atomic E-state index is 4.28. The van der Waals surface area contributed by atoms with E-state index in [4.69, 9.17) is 0 Å². The van der Waals surface area contributed by atoms with Gasteiger partial charge in [-0.3, -0.25) is 4.68 Å². The van der Waals surface area contributed by atoms with E-state index in [0.717, 1.165) is 31.6 Å². The molecule has 0 radical (unpaired) electrons. The second-order valence-electron chi connectivity index (χ2n) is 3.61. The molecule has 0 spiro atoms. The van der Waals surface area contributed by atoms with E-state index in [0.29, 0.717) is 6.04 Å². The monoisotopic (exact) mass is 208 g/mol. The molecule has 1 unspecified atom stereocenters. The lowest BCUT2D eigenvalue weighted by Gasteiger charge is -2.13. The lowest BCUT2D eigenvalue weighted by molar-refractivity contribution is 0.506. The normalized spacial score (nSPS) is 12.7. The first-order valence-electron chi connectivity index (χ1n) is 5.46. The van der Waals surface area contributed by atoms with Gasteiger partial charge in [-0.05, 0) is 19.9 Å². The summed E-state index contributed by atoms with van der Waals surface area (Å²) in [5.41, 5.74) is 0. The zero-order valence-electron chi connectivity index (χ0n) is 9.61. The van der Waals surface area contributed by atoms with Crippen molar-refractivity contribution in [1.29, 1.82) is 0 Å². The predicted octanol–water partition coefficient (Wildman–Crippen LogP) is 1.39. The van der Waals surface area contributed by atoms with Crippen LogP contribution in [0.3, 0.4) is 0 Å². The standard InChI is InChI=1S/C11H20N4/c1-4-6-10(12-3)8-11-13-9-14-15(11)7-5-2/h4,9-10,12H,1,5-8H2,2-3H3. The van der Waals surface area contributed by atoms with E-state index in [-0.39, 0.29) is 0 Å². The number of rotatable bonds is 7. The third kappa shape index (κ3) is 3.47. The van der Waals surface area contributed by atoms with Crippen molar-refractivity contribution >= 4 is 0 Å². The molecule has 0 aliphatic heterocycles. The Morgan fingerprint density at radius 1 is 1.67 bits per heavy atom. The molecular formula is C11H20N4. The van der Waals surface area contributed by atoms with Crippen molar-refractivity contribution in [2.75, 3.05) is 7.05 Å². The maximum absolute atomic E-state index is 4.28. The van der Waals surface area contributed by atoms with Gasteiger partial charge >= 0.3 is 0 Å². The molecule has 1 aromatic rings. The van der Waals surface area contributed by atoms with Crippen LogP contribution in [0.2, 0.25) is 0 Å². The molecule has 15 heavy (non-hydrogen) atoms. The zero-order chi connectivity index (χ0) is 11.1. The number of aromatic nitrogens is 3. The molecule has 84 valence electrons. The summed E-state index contributed by atoms with van der Waals surface area (Å²) in [6, 6.07) is 0.405. The Kier molecular flexibility index (Phi) is 5.04. The van der Waals surface area contributed by atoms with Crippen LogP contribution in [0.25, 0.3) is 0 Å². The van der Waals surface area contributed by atoms with Gasteiger partial charge in [0.05, 0.1) is 0 Å². The summed E-state index contributed by atoms with van der Waals surface area (Å²) >= 11 is 0. The summed E-state index contributed by atoms with van der Waals surface area (Å²) in [4.78, 5) is 4.28. The molecule has 0 saturated heterocycles. The first kappa shape index (κ1) is 11.9. The highest BCUT2D eigenvalue weighted by Gasteiger charge is 2.10. The maximum Gasteiger partial charge on any atom is 0.138 e. The van der Waals surface area contributed by atoms with Crippen molar-refractivity contribution in [3.63, 3.8) is 0 Å². The average molecular weight is 208 g/mol. The van der Waals surface area contributed by atoms with Gasteiger partial charge in [-0.1, -0.05) is 13.0 Å². The number of hydrogen-bond donors (Lipinski definition) is 1. The molecule has 1 rings (SSSR count). The van der Waals surface area contributed by atoms with Gasteiger partial charge in [0.15, 0.2) is 0 Å². The highest BCUT2D eigenvalue weighted by molar-refractivity contribution is 4.91. The summed E-state index contributed by atoms with van der Waals surface area (Å²) in [6.07, 6.45) is 6.51. The Balaban J connectivity index is 2.60. The molecule has 0 amide bonds. The molecule has 4 nitrogen and oxygen atoms in total. The van der Waals surface area contributed by atoms with Gasteiger partial charge in [0, 0.05) is 19.0 Å². The molecule has 1 N–H and O–H groups in total. The van der Waals surface area contributed by atoms with Crippen LogP contribution in [0.15, 0.2) is 19.0 Å². The molecule has 0 fully saturated rings. The highest BCUT2D eigenvalue weighted by Crippen LogP contribution is 2.03. The first-order valence-corrected chi connectivity index (χ1v) is 5.46. The molecule has 0 aromatic carbocycles. The van der Waals surface area contributed by atoms with E-state index in [2.05, 4.69) is 28.9 Å². The van der Waals surface area contributed by atoms with Crippen molar-refractivity contribution < 1.29 is 0 Å². The molecule has 1 atom stereocenters. The summed E-state index contributed by atoms with van der Waals surface area (Å²) < 4.78 is 1.98. The Morgan fingerprint density at radius 2 is 2.47 bits per heavy atom. The smallest absolute Gasteiger partial charge is 0.138 e. The lowest BCUT2D eigenvalue weighted by atomic mass is 10.1. The minimum Gasteiger partial charge on any atom is -0.316 e. The second-order valence-corrected chi connectivity index (χ2v) is 3.61. The van der Waals surface area contributed by atoms with Gasteiger partial charge in [-0.25, -0.2) is 4.98 Å². The molecule has 0 saturated carbocycles. The molecule has 1 heterocycles. The van der Waals surface area contributed by atoms with Crippen molar-refractivity contribution in [3.8, 4) is 0 Å². The van der Waals surface area contributed by atoms with Gasteiger partial charge in [0.1, 0.15) is 12.2 Å². The van der Waals surface area contributed by atoms with Crippen LogP contribution in [-0.2, 0) is 13.0 Å². The van der Waals surface area contributed by atoms with Crippen LogP contribution in [0.4, 0.5) is 0 Å². The highest BCUT2D eigenvalue weighted by atomic mass is 15.3. The number of likely N-dealkylation sites (N-methyl/N-ethyl adjacent to an activating group) is 1. The number of nitrogens with one attached hydrogen (secondary N) is 1. The Labute approximate surface area is 91.4 Å². The molecule has 1 aromatic heterocycles. The molecule has 4 heteroatoms. The van der Waals surface area contributed by atoms with Gasteiger partial charge in [-0.15, -0.1) is 6.58 Å². The van der Waals surface area contributed by atoms with Gasteiger partial charge < -0.3 is 5.32 Å². The topological polar surface area (TPSA) is 42.7 Å². The second kappa shape index (κ2) is 6.35. The molecule has 0 aliphatic rings. The zero-order valence-corrected chi connectivity index (χ0v) is 9.61. The predicted molar refractivity (Wildman–Crippen MR) is 61.7 cm³/mol. The number of hydrogen-bond acceptors (Lipinski definition) is 3. The van der Waals surface area contributed by atoms with Crippen LogP contribution in [-0.4, -0.2) is 27.9 Å². The van der Waals surface area contributed by atoms with Gasteiger partial charge in [0.2, 0.25) is 0 Å².